The number of furan rings is 1. The molecule has 0 N–H and O–H groups in total. The van der Waals surface area contributed by atoms with E-state index in [-0.39, 0.29) is 0 Å². The van der Waals surface area contributed by atoms with Gasteiger partial charge in [0.1, 0.15) is 5.76 Å². The van der Waals surface area contributed by atoms with Crippen molar-refractivity contribution in [2.45, 2.75) is 31.6 Å². The first-order valence-corrected chi connectivity index (χ1v) is 4.59. The fraction of sp³-hybridized carbons (Fsp3) is 0.455. The van der Waals surface area contributed by atoms with Crippen molar-refractivity contribution in [2.75, 3.05) is 0 Å². The Hall–Kier alpha value is -0.980. The van der Waals surface area contributed by atoms with Crippen molar-refractivity contribution in [3.05, 3.63) is 36.3 Å². The third-order valence-corrected chi connectivity index (χ3v) is 2.62. The van der Waals surface area contributed by atoms with Crippen molar-refractivity contribution in [1.29, 1.82) is 0 Å². The summed E-state index contributed by atoms with van der Waals surface area (Å²) in [6, 6.07) is 4.01. The molecular weight excluding hydrogens is 148 g/mol. The van der Waals surface area contributed by atoms with E-state index in [1.165, 1.54) is 31.3 Å². The zero-order chi connectivity index (χ0) is 8.39. The predicted molar refractivity (Wildman–Crippen MR) is 49.1 cm³/mol. The van der Waals surface area contributed by atoms with Gasteiger partial charge in [0.25, 0.3) is 0 Å². The molecule has 1 nitrogen and oxygen atoms in total. The van der Waals surface area contributed by atoms with Gasteiger partial charge in [0, 0.05) is 5.92 Å². The van der Waals surface area contributed by atoms with Crippen LogP contribution in [-0.2, 0) is 0 Å². The monoisotopic (exact) mass is 162 g/mol. The second kappa shape index (κ2) is 3.18. The van der Waals surface area contributed by atoms with E-state index in [1.807, 2.05) is 6.07 Å². The fourth-order valence-corrected chi connectivity index (χ4v) is 1.91. The second-order valence-electron chi connectivity index (χ2n) is 3.47. The van der Waals surface area contributed by atoms with Crippen LogP contribution < -0.4 is 0 Å². The summed E-state index contributed by atoms with van der Waals surface area (Å²) in [5, 5.41) is 0. The van der Waals surface area contributed by atoms with Crippen molar-refractivity contribution in [2.24, 2.45) is 0 Å². The quantitative estimate of drug-likeness (QED) is 0.576. The van der Waals surface area contributed by atoms with Gasteiger partial charge in [-0.1, -0.05) is 18.6 Å². The number of rotatable bonds is 1. The van der Waals surface area contributed by atoms with E-state index in [0.717, 1.165) is 5.76 Å². The first-order valence-electron chi connectivity index (χ1n) is 4.59. The van der Waals surface area contributed by atoms with Crippen LogP contribution >= 0.6 is 0 Å². The average molecular weight is 162 g/mol. The molecule has 0 bridgehead atoms. The number of hydrogen-bond donors (Lipinski definition) is 0. The lowest BCUT2D eigenvalue weighted by molar-refractivity contribution is 0.435. The molecule has 0 amide bonds. The Morgan fingerprint density at radius 3 is 3.00 bits per heavy atom. The van der Waals surface area contributed by atoms with Gasteiger partial charge in [-0.3, -0.25) is 0 Å². The molecule has 0 spiro atoms. The lowest BCUT2D eigenvalue weighted by atomic mass is 9.84. The summed E-state index contributed by atoms with van der Waals surface area (Å²) in [7, 11) is 0. The van der Waals surface area contributed by atoms with Gasteiger partial charge >= 0.3 is 0 Å². The van der Waals surface area contributed by atoms with Crippen LogP contribution in [0, 0.1) is 0 Å². The summed E-state index contributed by atoms with van der Waals surface area (Å²) in [5.41, 5.74) is 1.34. The minimum atomic E-state index is 0.494. The fourth-order valence-electron chi connectivity index (χ4n) is 1.91. The molecule has 1 fully saturated rings. The molecule has 64 valence electrons. The van der Waals surface area contributed by atoms with Crippen LogP contribution in [0.15, 0.2) is 35.0 Å². The molecule has 2 rings (SSSR count). The Balaban J connectivity index is 2.17. The van der Waals surface area contributed by atoms with Crippen LogP contribution in [0.5, 0.6) is 0 Å². The zero-order valence-electron chi connectivity index (χ0n) is 7.25. The van der Waals surface area contributed by atoms with Gasteiger partial charge in [-0.15, -0.1) is 0 Å². The van der Waals surface area contributed by atoms with Gasteiger partial charge in [0.2, 0.25) is 0 Å². The molecule has 12 heavy (non-hydrogen) atoms. The van der Waals surface area contributed by atoms with E-state index >= 15 is 0 Å². The molecule has 0 aliphatic heterocycles. The smallest absolute Gasteiger partial charge is 0.110 e. The topological polar surface area (TPSA) is 13.1 Å². The third-order valence-electron chi connectivity index (χ3n) is 2.62. The highest BCUT2D eigenvalue weighted by Crippen LogP contribution is 2.36. The van der Waals surface area contributed by atoms with Crippen LogP contribution in [0.25, 0.3) is 0 Å². The van der Waals surface area contributed by atoms with Crippen molar-refractivity contribution >= 4 is 0 Å². The summed E-state index contributed by atoms with van der Waals surface area (Å²) >= 11 is 0. The lowest BCUT2D eigenvalue weighted by Crippen LogP contribution is -2.06. The summed E-state index contributed by atoms with van der Waals surface area (Å²) < 4.78 is 5.38. The first kappa shape index (κ1) is 7.66. The predicted octanol–water partition coefficient (Wildman–Crippen LogP) is 3.49. The number of hydrogen-bond acceptors (Lipinski definition) is 1. The molecule has 1 atom stereocenters. The Labute approximate surface area is 73.1 Å². The van der Waals surface area contributed by atoms with E-state index in [2.05, 4.69) is 12.6 Å². The zero-order valence-corrected chi connectivity index (χ0v) is 7.25. The van der Waals surface area contributed by atoms with Gasteiger partial charge in [0.15, 0.2) is 0 Å². The van der Waals surface area contributed by atoms with Gasteiger partial charge in [-0.05, 0) is 31.4 Å². The normalized spacial score (nSPS) is 24.3. The minimum Gasteiger partial charge on any atom is -0.469 e. The van der Waals surface area contributed by atoms with Gasteiger partial charge in [-0.25, -0.2) is 0 Å². The van der Waals surface area contributed by atoms with Gasteiger partial charge in [0.05, 0.1) is 6.26 Å². The van der Waals surface area contributed by atoms with Crippen LogP contribution in [0.2, 0.25) is 0 Å². The molecule has 1 heteroatoms. The van der Waals surface area contributed by atoms with Gasteiger partial charge in [-0.2, -0.15) is 0 Å². The maximum Gasteiger partial charge on any atom is 0.110 e. The molecule has 1 saturated carbocycles. The standard InChI is InChI=1S/C11H14O/c1-9-5-2-3-6-10(9)11-7-4-8-12-11/h4,7-8,10H,1-3,5-6H2. The highest BCUT2D eigenvalue weighted by Gasteiger charge is 2.20. The van der Waals surface area contributed by atoms with E-state index in [9.17, 15) is 0 Å². The average Bonchev–Trinajstić information content (AvgIpc) is 2.57. The summed E-state index contributed by atoms with van der Waals surface area (Å²) in [5.74, 6) is 1.59. The Morgan fingerprint density at radius 1 is 1.42 bits per heavy atom. The molecule has 0 aromatic carbocycles. The molecule has 0 saturated heterocycles. The van der Waals surface area contributed by atoms with Crippen LogP contribution in [0.3, 0.4) is 0 Å². The molecule has 1 heterocycles. The Morgan fingerprint density at radius 2 is 2.33 bits per heavy atom. The van der Waals surface area contributed by atoms with E-state index in [0.29, 0.717) is 5.92 Å². The molecule has 1 aromatic rings. The van der Waals surface area contributed by atoms with Crippen molar-refractivity contribution in [1.82, 2.24) is 0 Å². The highest BCUT2D eigenvalue weighted by atomic mass is 16.3. The third kappa shape index (κ3) is 1.31. The van der Waals surface area contributed by atoms with Crippen LogP contribution in [0.4, 0.5) is 0 Å². The Bertz CT molecular complexity index is 259. The van der Waals surface area contributed by atoms with Crippen molar-refractivity contribution < 1.29 is 4.42 Å². The molecule has 1 aliphatic rings. The van der Waals surface area contributed by atoms with E-state index < -0.39 is 0 Å². The highest BCUT2D eigenvalue weighted by molar-refractivity contribution is 5.20. The maximum absolute atomic E-state index is 5.38. The van der Waals surface area contributed by atoms with E-state index in [1.54, 1.807) is 6.26 Å². The summed E-state index contributed by atoms with van der Waals surface area (Å²) in [6.45, 7) is 4.09. The molecule has 1 aromatic heterocycles. The second-order valence-corrected chi connectivity index (χ2v) is 3.47. The van der Waals surface area contributed by atoms with Crippen LogP contribution in [-0.4, -0.2) is 0 Å². The van der Waals surface area contributed by atoms with Crippen molar-refractivity contribution in [3.8, 4) is 0 Å². The van der Waals surface area contributed by atoms with Crippen LogP contribution in [0.1, 0.15) is 37.4 Å². The molecule has 1 unspecified atom stereocenters. The summed E-state index contributed by atoms with van der Waals surface area (Å²) in [6.07, 6.45) is 6.75. The van der Waals surface area contributed by atoms with Gasteiger partial charge < -0.3 is 4.42 Å². The first-order chi connectivity index (χ1) is 5.88. The SMILES string of the molecule is C=C1CCCCC1c1ccco1. The lowest BCUT2D eigenvalue weighted by Gasteiger charge is -2.22. The maximum atomic E-state index is 5.38. The minimum absolute atomic E-state index is 0.494. The molecule has 1 aliphatic carbocycles. The number of allylic oxidation sites excluding steroid dienone is 1. The van der Waals surface area contributed by atoms with Crippen molar-refractivity contribution in [3.63, 3.8) is 0 Å². The summed E-state index contributed by atoms with van der Waals surface area (Å²) in [4.78, 5) is 0. The van der Waals surface area contributed by atoms with E-state index in [4.69, 9.17) is 4.42 Å². The largest absolute Gasteiger partial charge is 0.469 e. The molecular formula is C11H14O. The Kier molecular flexibility index (Phi) is 2.03. The molecule has 0 radical (unpaired) electrons.